The largest absolute Gasteiger partial charge is 0.379 e. The van der Waals surface area contributed by atoms with Crippen LogP contribution in [-0.4, -0.2) is 68.6 Å². The Bertz CT molecular complexity index is 1030. The zero-order chi connectivity index (χ0) is 23.2. The van der Waals surface area contributed by atoms with Gasteiger partial charge in [0.15, 0.2) is 0 Å². The second-order valence-electron chi connectivity index (χ2n) is 8.10. The maximum absolute atomic E-state index is 12.9. The molecule has 33 heavy (non-hydrogen) atoms. The average Bonchev–Trinajstić information content (AvgIpc) is 3.22. The van der Waals surface area contributed by atoms with Crippen LogP contribution in [0.3, 0.4) is 0 Å². The van der Waals surface area contributed by atoms with Crippen LogP contribution >= 0.6 is 11.6 Å². The molecule has 2 aromatic carbocycles. The lowest BCUT2D eigenvalue weighted by molar-refractivity contribution is -0.122. The van der Waals surface area contributed by atoms with Crippen molar-refractivity contribution < 1.29 is 19.1 Å². The lowest BCUT2D eigenvalue weighted by Crippen LogP contribution is -2.41. The molecule has 2 aliphatic rings. The zero-order valence-corrected chi connectivity index (χ0v) is 19.0. The number of morpholine rings is 1. The summed E-state index contributed by atoms with van der Waals surface area (Å²) in [5.74, 6) is -1.24. The predicted octanol–water partition coefficient (Wildman–Crippen LogP) is 2.39. The van der Waals surface area contributed by atoms with E-state index in [0.717, 1.165) is 19.6 Å². The first-order chi connectivity index (χ1) is 16.0. The molecular formula is C24H27ClN4O4. The van der Waals surface area contributed by atoms with Crippen LogP contribution in [0.5, 0.6) is 0 Å². The van der Waals surface area contributed by atoms with Gasteiger partial charge in [0, 0.05) is 39.1 Å². The minimum atomic E-state index is -0.536. The Balaban J connectivity index is 1.36. The van der Waals surface area contributed by atoms with Gasteiger partial charge in [-0.05, 0) is 24.3 Å². The third kappa shape index (κ3) is 5.71. The Morgan fingerprint density at radius 3 is 2.58 bits per heavy atom. The fourth-order valence-corrected chi connectivity index (χ4v) is 4.30. The lowest BCUT2D eigenvalue weighted by atomic mass is 10.1. The number of ether oxygens (including phenoxy) is 1. The van der Waals surface area contributed by atoms with Gasteiger partial charge in [0.25, 0.3) is 5.91 Å². The second kappa shape index (κ2) is 10.8. The standard InChI is InChI=1S/C24H27ClN4O4/c25-19-6-2-4-8-21(19)29-16-17(15-22(29)30)23(31)27-20-7-3-1-5-18(20)24(32)26-9-10-28-11-13-33-14-12-28/h1-8,17H,9-16H2,(H,26,32)(H,27,31)/t17-/m1/s1. The van der Waals surface area contributed by atoms with Crippen LogP contribution < -0.4 is 15.5 Å². The molecule has 2 fully saturated rings. The highest BCUT2D eigenvalue weighted by atomic mass is 35.5. The first-order valence-corrected chi connectivity index (χ1v) is 11.4. The molecule has 2 heterocycles. The number of carbonyl (C=O) groups excluding carboxylic acids is 3. The minimum Gasteiger partial charge on any atom is -0.379 e. The summed E-state index contributed by atoms with van der Waals surface area (Å²) in [7, 11) is 0. The van der Waals surface area contributed by atoms with E-state index in [9.17, 15) is 14.4 Å². The van der Waals surface area contributed by atoms with Crippen molar-refractivity contribution >= 4 is 40.7 Å². The van der Waals surface area contributed by atoms with Crippen molar-refractivity contribution in [1.29, 1.82) is 0 Å². The van der Waals surface area contributed by atoms with Gasteiger partial charge >= 0.3 is 0 Å². The molecule has 0 aliphatic carbocycles. The zero-order valence-electron chi connectivity index (χ0n) is 18.3. The molecule has 2 N–H and O–H groups in total. The molecule has 2 aromatic rings. The van der Waals surface area contributed by atoms with Crippen LogP contribution in [0.1, 0.15) is 16.8 Å². The summed E-state index contributed by atoms with van der Waals surface area (Å²) in [4.78, 5) is 42.0. The van der Waals surface area contributed by atoms with E-state index in [-0.39, 0.29) is 30.7 Å². The fourth-order valence-electron chi connectivity index (χ4n) is 4.06. The van der Waals surface area contributed by atoms with Crippen molar-refractivity contribution in [2.45, 2.75) is 6.42 Å². The predicted molar refractivity (Wildman–Crippen MR) is 127 cm³/mol. The Morgan fingerprint density at radius 1 is 1.06 bits per heavy atom. The highest BCUT2D eigenvalue weighted by molar-refractivity contribution is 6.34. The number of anilines is 2. The molecule has 8 nitrogen and oxygen atoms in total. The molecule has 3 amide bonds. The third-order valence-corrected chi connectivity index (χ3v) is 6.21. The van der Waals surface area contributed by atoms with E-state index in [0.29, 0.717) is 41.7 Å². The topological polar surface area (TPSA) is 91.0 Å². The van der Waals surface area contributed by atoms with Crippen LogP contribution in [0.15, 0.2) is 48.5 Å². The molecule has 0 aromatic heterocycles. The van der Waals surface area contributed by atoms with Gasteiger partial charge in [-0.3, -0.25) is 19.3 Å². The van der Waals surface area contributed by atoms with Gasteiger partial charge in [-0.25, -0.2) is 0 Å². The number of nitrogens with zero attached hydrogens (tertiary/aromatic N) is 2. The molecule has 174 valence electrons. The molecule has 0 radical (unpaired) electrons. The SMILES string of the molecule is O=C(NCCN1CCOCC1)c1ccccc1NC(=O)[C@@H]1CC(=O)N(c2ccccc2Cl)C1. The number of para-hydroxylation sites is 2. The minimum absolute atomic E-state index is 0.0883. The van der Waals surface area contributed by atoms with E-state index in [4.69, 9.17) is 16.3 Å². The van der Waals surface area contributed by atoms with E-state index in [2.05, 4.69) is 15.5 Å². The number of nitrogens with one attached hydrogen (secondary N) is 2. The Kier molecular flexibility index (Phi) is 7.59. The third-order valence-electron chi connectivity index (χ3n) is 5.89. The molecule has 2 saturated heterocycles. The summed E-state index contributed by atoms with van der Waals surface area (Å²) in [6, 6.07) is 13.9. The smallest absolute Gasteiger partial charge is 0.253 e. The quantitative estimate of drug-likeness (QED) is 0.648. The Morgan fingerprint density at radius 2 is 1.79 bits per heavy atom. The molecule has 0 unspecified atom stereocenters. The molecule has 0 saturated carbocycles. The van der Waals surface area contributed by atoms with Crippen LogP contribution in [0.2, 0.25) is 5.02 Å². The number of rotatable bonds is 7. The van der Waals surface area contributed by atoms with Crippen molar-refractivity contribution in [3.05, 3.63) is 59.1 Å². The van der Waals surface area contributed by atoms with Crippen molar-refractivity contribution in [2.75, 3.05) is 56.2 Å². The maximum Gasteiger partial charge on any atom is 0.253 e. The van der Waals surface area contributed by atoms with Crippen molar-refractivity contribution in [1.82, 2.24) is 10.2 Å². The maximum atomic E-state index is 12.9. The number of halogens is 1. The van der Waals surface area contributed by atoms with Gasteiger partial charge < -0.3 is 20.3 Å². The molecule has 9 heteroatoms. The number of amides is 3. The number of benzene rings is 2. The van der Waals surface area contributed by atoms with Crippen molar-refractivity contribution in [2.24, 2.45) is 5.92 Å². The average molecular weight is 471 g/mol. The molecular weight excluding hydrogens is 444 g/mol. The normalized spacial score (nSPS) is 18.9. The van der Waals surface area contributed by atoms with Crippen LogP contribution in [-0.2, 0) is 14.3 Å². The van der Waals surface area contributed by atoms with Gasteiger partial charge in [0.2, 0.25) is 11.8 Å². The summed E-state index contributed by atoms with van der Waals surface area (Å²) in [6.45, 7) is 4.61. The first kappa shape index (κ1) is 23.2. The molecule has 0 bridgehead atoms. The van der Waals surface area contributed by atoms with Crippen LogP contribution in [0.4, 0.5) is 11.4 Å². The van der Waals surface area contributed by atoms with Crippen molar-refractivity contribution in [3.8, 4) is 0 Å². The monoisotopic (exact) mass is 470 g/mol. The number of carbonyl (C=O) groups is 3. The summed E-state index contributed by atoms with van der Waals surface area (Å²) in [6.07, 6.45) is 0.0883. The van der Waals surface area contributed by atoms with E-state index < -0.39 is 5.92 Å². The van der Waals surface area contributed by atoms with Gasteiger partial charge in [-0.2, -0.15) is 0 Å². The summed E-state index contributed by atoms with van der Waals surface area (Å²) in [5.41, 5.74) is 1.41. The molecule has 4 rings (SSSR count). The molecule has 0 spiro atoms. The molecule has 2 aliphatic heterocycles. The van der Waals surface area contributed by atoms with Crippen LogP contribution in [0.25, 0.3) is 0 Å². The van der Waals surface area contributed by atoms with Gasteiger partial charge in [-0.15, -0.1) is 0 Å². The lowest BCUT2D eigenvalue weighted by Gasteiger charge is -2.26. The van der Waals surface area contributed by atoms with E-state index in [1.165, 1.54) is 4.90 Å². The van der Waals surface area contributed by atoms with Crippen LogP contribution in [0, 0.1) is 5.92 Å². The van der Waals surface area contributed by atoms with Crippen molar-refractivity contribution in [3.63, 3.8) is 0 Å². The summed E-state index contributed by atoms with van der Waals surface area (Å²) >= 11 is 6.23. The highest BCUT2D eigenvalue weighted by Gasteiger charge is 2.36. The summed E-state index contributed by atoms with van der Waals surface area (Å²) in [5, 5.41) is 6.23. The highest BCUT2D eigenvalue weighted by Crippen LogP contribution is 2.31. The van der Waals surface area contributed by atoms with E-state index in [1.54, 1.807) is 48.5 Å². The Labute approximate surface area is 197 Å². The first-order valence-electron chi connectivity index (χ1n) is 11.1. The van der Waals surface area contributed by atoms with Gasteiger partial charge in [0.05, 0.1) is 41.1 Å². The van der Waals surface area contributed by atoms with Gasteiger partial charge in [0.1, 0.15) is 0 Å². The van der Waals surface area contributed by atoms with E-state index in [1.807, 2.05) is 0 Å². The summed E-state index contributed by atoms with van der Waals surface area (Å²) < 4.78 is 5.34. The molecule has 1 atom stereocenters. The number of hydrogen-bond donors (Lipinski definition) is 2. The number of hydrogen-bond acceptors (Lipinski definition) is 5. The van der Waals surface area contributed by atoms with E-state index >= 15 is 0 Å². The Hall–Kier alpha value is -2.94. The fraction of sp³-hybridized carbons (Fsp3) is 0.375. The van der Waals surface area contributed by atoms with Gasteiger partial charge in [-0.1, -0.05) is 35.9 Å². The second-order valence-corrected chi connectivity index (χ2v) is 8.51.